The Morgan fingerprint density at radius 1 is 1.28 bits per heavy atom. The maximum Gasteiger partial charge on any atom is 0.416 e. The van der Waals surface area contributed by atoms with Crippen molar-refractivity contribution in [3.63, 3.8) is 0 Å². The number of urea groups is 1. The Balaban J connectivity index is 1.66. The Bertz CT molecular complexity index is 701. The summed E-state index contributed by atoms with van der Waals surface area (Å²) < 4.78 is 37.8. The summed E-state index contributed by atoms with van der Waals surface area (Å²) in [5.74, 6) is 0.527. The minimum absolute atomic E-state index is 0.0687. The second-order valence-corrected chi connectivity index (χ2v) is 5.88. The van der Waals surface area contributed by atoms with Gasteiger partial charge in [-0.1, -0.05) is 5.21 Å². The molecule has 3 rings (SSSR count). The Morgan fingerprint density at radius 3 is 2.68 bits per heavy atom. The number of likely N-dealkylation sites (tertiary alicyclic amines) is 1. The third kappa shape index (κ3) is 4.25. The highest BCUT2D eigenvalue weighted by atomic mass is 19.4. The number of carbonyl (C=O) groups is 1. The van der Waals surface area contributed by atoms with E-state index in [4.69, 9.17) is 0 Å². The molecule has 1 aromatic heterocycles. The first-order valence-corrected chi connectivity index (χ1v) is 7.90. The standard InChI is InChI=1S/C15H17F3N6O/c16-15(17,18)10-4-6-11(7-5-10)19-14(25)24-8-2-1-3-12(24)9-13-20-22-23-21-13/h4-7,12H,1-3,8-9H2,(H,19,25)(H,20,21,22,23). The fourth-order valence-corrected chi connectivity index (χ4v) is 2.90. The molecule has 1 fully saturated rings. The number of aromatic nitrogens is 4. The van der Waals surface area contributed by atoms with Crippen molar-refractivity contribution >= 4 is 11.7 Å². The monoisotopic (exact) mass is 354 g/mol. The van der Waals surface area contributed by atoms with Gasteiger partial charge in [0.2, 0.25) is 0 Å². The minimum atomic E-state index is -4.40. The van der Waals surface area contributed by atoms with E-state index >= 15 is 0 Å². The first-order chi connectivity index (χ1) is 11.9. The van der Waals surface area contributed by atoms with Gasteiger partial charge in [-0.15, -0.1) is 10.2 Å². The number of benzene rings is 1. The second kappa shape index (κ2) is 7.08. The molecule has 2 amide bonds. The molecule has 1 aliphatic rings. The molecule has 2 N–H and O–H groups in total. The van der Waals surface area contributed by atoms with Crippen LogP contribution in [0.1, 0.15) is 30.7 Å². The molecule has 1 unspecified atom stereocenters. The topological polar surface area (TPSA) is 86.8 Å². The number of hydrogen-bond acceptors (Lipinski definition) is 4. The number of H-pyrrole nitrogens is 1. The lowest BCUT2D eigenvalue weighted by Gasteiger charge is -2.35. The van der Waals surface area contributed by atoms with Crippen molar-refractivity contribution < 1.29 is 18.0 Å². The average Bonchev–Trinajstić information content (AvgIpc) is 3.08. The largest absolute Gasteiger partial charge is 0.416 e. The van der Waals surface area contributed by atoms with E-state index in [1.807, 2.05) is 0 Å². The molecular formula is C15H17F3N6O. The van der Waals surface area contributed by atoms with E-state index in [-0.39, 0.29) is 12.1 Å². The molecule has 0 bridgehead atoms. The first-order valence-electron chi connectivity index (χ1n) is 7.90. The molecule has 25 heavy (non-hydrogen) atoms. The van der Waals surface area contributed by atoms with Crippen LogP contribution >= 0.6 is 0 Å². The summed E-state index contributed by atoms with van der Waals surface area (Å²) in [7, 11) is 0. The lowest BCUT2D eigenvalue weighted by atomic mass is 9.99. The van der Waals surface area contributed by atoms with E-state index in [0.717, 1.165) is 31.4 Å². The lowest BCUT2D eigenvalue weighted by Crippen LogP contribution is -2.47. The molecule has 0 radical (unpaired) electrons. The number of carbonyl (C=O) groups excluding carboxylic acids is 1. The fourth-order valence-electron chi connectivity index (χ4n) is 2.90. The number of amides is 2. The van der Waals surface area contributed by atoms with Crippen LogP contribution in [0.2, 0.25) is 0 Å². The third-order valence-corrected chi connectivity index (χ3v) is 4.16. The van der Waals surface area contributed by atoms with Gasteiger partial charge >= 0.3 is 12.2 Å². The molecule has 1 atom stereocenters. The van der Waals surface area contributed by atoms with Crippen molar-refractivity contribution in [1.29, 1.82) is 0 Å². The number of halogens is 3. The van der Waals surface area contributed by atoms with Crippen LogP contribution < -0.4 is 5.32 Å². The van der Waals surface area contributed by atoms with Crippen LogP contribution in [0.25, 0.3) is 0 Å². The number of piperidine rings is 1. The maximum absolute atomic E-state index is 12.6. The Kier molecular flexibility index (Phi) is 4.86. The van der Waals surface area contributed by atoms with Crippen molar-refractivity contribution in [2.45, 2.75) is 37.9 Å². The van der Waals surface area contributed by atoms with Crippen LogP contribution in [0.3, 0.4) is 0 Å². The number of tetrazole rings is 1. The predicted octanol–water partition coefficient (Wildman–Crippen LogP) is 2.85. The molecule has 0 aliphatic carbocycles. The van der Waals surface area contributed by atoms with Gasteiger partial charge in [-0.3, -0.25) is 0 Å². The summed E-state index contributed by atoms with van der Waals surface area (Å²) >= 11 is 0. The van der Waals surface area contributed by atoms with Crippen LogP contribution in [-0.2, 0) is 12.6 Å². The summed E-state index contributed by atoms with van der Waals surface area (Å²) in [6.07, 6.45) is -1.23. The zero-order valence-corrected chi connectivity index (χ0v) is 13.3. The van der Waals surface area contributed by atoms with Gasteiger partial charge in [0.15, 0.2) is 5.82 Å². The number of alkyl halides is 3. The van der Waals surface area contributed by atoms with Crippen LogP contribution in [0.4, 0.5) is 23.7 Å². The Labute approximate surface area is 141 Å². The van der Waals surface area contributed by atoms with Crippen LogP contribution in [0, 0.1) is 0 Å². The SMILES string of the molecule is O=C(Nc1ccc(C(F)(F)F)cc1)N1CCCCC1Cc1nn[nH]n1. The predicted molar refractivity (Wildman–Crippen MR) is 82.7 cm³/mol. The van der Waals surface area contributed by atoms with E-state index in [0.29, 0.717) is 24.5 Å². The minimum Gasteiger partial charge on any atom is -0.321 e. The van der Waals surface area contributed by atoms with E-state index in [2.05, 4.69) is 25.9 Å². The molecule has 1 aliphatic heterocycles. The van der Waals surface area contributed by atoms with Crippen molar-refractivity contribution in [3.05, 3.63) is 35.7 Å². The lowest BCUT2D eigenvalue weighted by molar-refractivity contribution is -0.137. The molecule has 2 heterocycles. The van der Waals surface area contributed by atoms with E-state index in [1.54, 1.807) is 4.90 Å². The Morgan fingerprint density at radius 2 is 2.04 bits per heavy atom. The van der Waals surface area contributed by atoms with Crippen LogP contribution in [0.5, 0.6) is 0 Å². The summed E-state index contributed by atoms with van der Waals surface area (Å²) in [4.78, 5) is 14.2. The number of anilines is 1. The molecule has 1 aromatic carbocycles. The number of rotatable bonds is 3. The molecule has 7 nitrogen and oxygen atoms in total. The second-order valence-electron chi connectivity index (χ2n) is 5.88. The highest BCUT2D eigenvalue weighted by Crippen LogP contribution is 2.30. The van der Waals surface area contributed by atoms with Gasteiger partial charge in [0.05, 0.1) is 5.56 Å². The van der Waals surface area contributed by atoms with Gasteiger partial charge in [-0.05, 0) is 43.5 Å². The van der Waals surface area contributed by atoms with Gasteiger partial charge in [-0.25, -0.2) is 4.79 Å². The summed E-state index contributed by atoms with van der Waals surface area (Å²) in [5, 5.41) is 16.4. The fraction of sp³-hybridized carbons (Fsp3) is 0.467. The summed E-state index contributed by atoms with van der Waals surface area (Å²) in [6, 6.07) is 3.98. The molecule has 2 aromatic rings. The molecular weight excluding hydrogens is 337 g/mol. The van der Waals surface area contributed by atoms with E-state index < -0.39 is 11.7 Å². The van der Waals surface area contributed by atoms with Gasteiger partial charge < -0.3 is 10.2 Å². The quantitative estimate of drug-likeness (QED) is 0.887. The van der Waals surface area contributed by atoms with Gasteiger partial charge in [0.25, 0.3) is 0 Å². The van der Waals surface area contributed by atoms with E-state index in [1.165, 1.54) is 12.1 Å². The maximum atomic E-state index is 12.6. The van der Waals surface area contributed by atoms with Crippen molar-refractivity contribution in [1.82, 2.24) is 25.5 Å². The normalized spacial score (nSPS) is 18.2. The molecule has 0 saturated carbocycles. The molecule has 0 spiro atoms. The van der Waals surface area contributed by atoms with Crippen molar-refractivity contribution in [2.24, 2.45) is 0 Å². The van der Waals surface area contributed by atoms with Gasteiger partial charge in [0.1, 0.15) is 0 Å². The first kappa shape index (κ1) is 17.2. The summed E-state index contributed by atoms with van der Waals surface area (Å²) in [6.45, 7) is 0.578. The van der Waals surface area contributed by atoms with Gasteiger partial charge in [0, 0.05) is 24.7 Å². The molecule has 1 saturated heterocycles. The van der Waals surface area contributed by atoms with Crippen LogP contribution in [-0.4, -0.2) is 44.1 Å². The summed E-state index contributed by atoms with van der Waals surface area (Å²) in [5.41, 5.74) is -0.430. The number of nitrogens with zero attached hydrogens (tertiary/aromatic N) is 4. The number of nitrogens with one attached hydrogen (secondary N) is 2. The van der Waals surface area contributed by atoms with E-state index in [9.17, 15) is 18.0 Å². The average molecular weight is 354 g/mol. The number of hydrogen-bond donors (Lipinski definition) is 2. The zero-order chi connectivity index (χ0) is 17.9. The Hall–Kier alpha value is -2.65. The molecule has 10 heteroatoms. The highest BCUT2D eigenvalue weighted by molar-refractivity contribution is 5.89. The number of aromatic amines is 1. The smallest absolute Gasteiger partial charge is 0.321 e. The van der Waals surface area contributed by atoms with Crippen molar-refractivity contribution in [3.8, 4) is 0 Å². The molecule has 134 valence electrons. The highest BCUT2D eigenvalue weighted by Gasteiger charge is 2.31. The van der Waals surface area contributed by atoms with Crippen molar-refractivity contribution in [2.75, 3.05) is 11.9 Å². The zero-order valence-electron chi connectivity index (χ0n) is 13.3. The third-order valence-electron chi connectivity index (χ3n) is 4.16. The van der Waals surface area contributed by atoms with Crippen LogP contribution in [0.15, 0.2) is 24.3 Å². The van der Waals surface area contributed by atoms with Gasteiger partial charge in [-0.2, -0.15) is 18.4 Å².